The minimum atomic E-state index is 0.166. The van der Waals surface area contributed by atoms with Crippen molar-refractivity contribution in [3.8, 4) is 0 Å². The van der Waals surface area contributed by atoms with Crippen molar-refractivity contribution in [2.75, 3.05) is 26.2 Å². The molecule has 2 aromatic heterocycles. The monoisotopic (exact) mass is 379 g/mol. The van der Waals surface area contributed by atoms with Gasteiger partial charge in [-0.25, -0.2) is 0 Å². The standard InChI is InChI=1S/C19H26ClN3OS/c1-13(2)23-14(3)11-17(15(23)4)19(24)22-9-7-21(8-10-22)12-16-5-6-18(20)25-16/h5-6,11,13H,7-10,12H2,1-4H3. The molecule has 3 rings (SSSR count). The largest absolute Gasteiger partial charge is 0.346 e. The van der Waals surface area contributed by atoms with Crippen molar-refractivity contribution < 1.29 is 4.79 Å². The second-order valence-electron chi connectivity index (χ2n) is 7.02. The first-order chi connectivity index (χ1) is 11.9. The van der Waals surface area contributed by atoms with Gasteiger partial charge in [-0.15, -0.1) is 11.3 Å². The number of hydrogen-bond acceptors (Lipinski definition) is 3. The fourth-order valence-corrected chi connectivity index (χ4v) is 4.85. The van der Waals surface area contributed by atoms with E-state index in [1.807, 2.05) is 17.0 Å². The van der Waals surface area contributed by atoms with Gasteiger partial charge in [-0.1, -0.05) is 11.6 Å². The SMILES string of the molecule is Cc1cc(C(=O)N2CCN(Cc3ccc(Cl)s3)CC2)c(C)n1C(C)C. The Bertz CT molecular complexity index is 757. The van der Waals surface area contributed by atoms with Crippen LogP contribution >= 0.6 is 22.9 Å². The van der Waals surface area contributed by atoms with Crippen LogP contribution in [-0.2, 0) is 6.54 Å². The van der Waals surface area contributed by atoms with Crippen LogP contribution in [0.4, 0.5) is 0 Å². The van der Waals surface area contributed by atoms with E-state index in [0.29, 0.717) is 6.04 Å². The molecule has 1 amide bonds. The van der Waals surface area contributed by atoms with Crippen molar-refractivity contribution in [3.63, 3.8) is 0 Å². The van der Waals surface area contributed by atoms with Crippen LogP contribution in [0, 0.1) is 13.8 Å². The Morgan fingerprint density at radius 2 is 1.88 bits per heavy atom. The minimum absolute atomic E-state index is 0.166. The molecule has 1 fully saturated rings. The molecule has 0 bridgehead atoms. The molecule has 1 saturated heterocycles. The van der Waals surface area contributed by atoms with Crippen LogP contribution in [0.15, 0.2) is 18.2 Å². The molecule has 0 radical (unpaired) electrons. The number of nitrogens with zero attached hydrogens (tertiary/aromatic N) is 3. The Morgan fingerprint density at radius 1 is 1.20 bits per heavy atom. The summed E-state index contributed by atoms with van der Waals surface area (Å²) in [5.41, 5.74) is 3.09. The predicted molar refractivity (Wildman–Crippen MR) is 105 cm³/mol. The number of aryl methyl sites for hydroxylation is 1. The van der Waals surface area contributed by atoms with Gasteiger partial charge in [0.25, 0.3) is 5.91 Å². The molecule has 6 heteroatoms. The summed E-state index contributed by atoms with van der Waals surface area (Å²) >= 11 is 7.64. The Morgan fingerprint density at radius 3 is 2.40 bits per heavy atom. The van der Waals surface area contributed by atoms with Crippen molar-refractivity contribution in [1.29, 1.82) is 0 Å². The molecule has 4 nitrogen and oxygen atoms in total. The van der Waals surface area contributed by atoms with Crippen molar-refractivity contribution in [2.45, 2.75) is 40.3 Å². The van der Waals surface area contributed by atoms with Gasteiger partial charge in [-0.3, -0.25) is 9.69 Å². The molecule has 0 aromatic carbocycles. The Hall–Kier alpha value is -1.30. The van der Waals surface area contributed by atoms with E-state index < -0.39 is 0 Å². The van der Waals surface area contributed by atoms with E-state index in [0.717, 1.165) is 54.0 Å². The van der Waals surface area contributed by atoms with Crippen LogP contribution in [0.5, 0.6) is 0 Å². The Labute approximate surface area is 159 Å². The van der Waals surface area contributed by atoms with Crippen molar-refractivity contribution in [3.05, 3.63) is 44.4 Å². The lowest BCUT2D eigenvalue weighted by molar-refractivity contribution is 0.0629. The maximum absolute atomic E-state index is 13.0. The number of rotatable bonds is 4. The number of aromatic nitrogens is 1. The Kier molecular flexibility index (Phi) is 5.56. The molecule has 0 N–H and O–H groups in total. The summed E-state index contributed by atoms with van der Waals surface area (Å²) in [5, 5.41) is 0. The molecule has 0 atom stereocenters. The van der Waals surface area contributed by atoms with Gasteiger partial charge < -0.3 is 9.47 Å². The van der Waals surface area contributed by atoms with Crippen molar-refractivity contribution in [2.24, 2.45) is 0 Å². The third-order valence-corrected chi connectivity index (χ3v) is 6.11. The normalized spacial score (nSPS) is 16.0. The van der Waals surface area contributed by atoms with Crippen molar-refractivity contribution in [1.82, 2.24) is 14.4 Å². The molecule has 25 heavy (non-hydrogen) atoms. The summed E-state index contributed by atoms with van der Waals surface area (Å²) in [5.74, 6) is 0.166. The van der Waals surface area contributed by atoms with E-state index in [9.17, 15) is 4.79 Å². The van der Waals surface area contributed by atoms with Gasteiger partial charge in [-0.05, 0) is 45.9 Å². The summed E-state index contributed by atoms with van der Waals surface area (Å²) in [4.78, 5) is 18.6. The fraction of sp³-hybridized carbons (Fsp3) is 0.526. The summed E-state index contributed by atoms with van der Waals surface area (Å²) in [7, 11) is 0. The molecular weight excluding hydrogens is 354 g/mol. The highest BCUT2D eigenvalue weighted by molar-refractivity contribution is 7.16. The third-order valence-electron chi connectivity index (χ3n) is 4.90. The second-order valence-corrected chi connectivity index (χ2v) is 8.82. The highest BCUT2D eigenvalue weighted by Crippen LogP contribution is 2.24. The van der Waals surface area contributed by atoms with E-state index in [1.165, 1.54) is 4.88 Å². The lowest BCUT2D eigenvalue weighted by Crippen LogP contribution is -2.48. The average molecular weight is 380 g/mol. The first-order valence-electron chi connectivity index (χ1n) is 8.81. The molecule has 1 aliphatic heterocycles. The third kappa shape index (κ3) is 3.94. The van der Waals surface area contributed by atoms with E-state index in [2.05, 4.69) is 43.2 Å². The molecule has 136 valence electrons. The van der Waals surface area contributed by atoms with Crippen molar-refractivity contribution >= 4 is 28.8 Å². The number of carbonyl (C=O) groups excluding carboxylic acids is 1. The van der Waals surface area contributed by atoms with Crippen LogP contribution in [0.2, 0.25) is 4.34 Å². The molecule has 0 unspecified atom stereocenters. The van der Waals surface area contributed by atoms with Gasteiger partial charge >= 0.3 is 0 Å². The fourth-order valence-electron chi connectivity index (χ4n) is 3.72. The maximum atomic E-state index is 13.0. The number of thiophene rings is 1. The molecular formula is C19H26ClN3OS. The predicted octanol–water partition coefficient (Wildman–Crippen LogP) is 4.36. The van der Waals surface area contributed by atoms with E-state index >= 15 is 0 Å². The number of piperazine rings is 1. The highest BCUT2D eigenvalue weighted by atomic mass is 35.5. The lowest BCUT2D eigenvalue weighted by atomic mass is 10.2. The number of amides is 1. The first-order valence-corrected chi connectivity index (χ1v) is 10.0. The second kappa shape index (κ2) is 7.52. The summed E-state index contributed by atoms with van der Waals surface area (Å²) in [6.45, 7) is 12.7. The van der Waals surface area contributed by atoms with Gasteiger partial charge in [0.2, 0.25) is 0 Å². The lowest BCUT2D eigenvalue weighted by Gasteiger charge is -2.34. The zero-order valence-electron chi connectivity index (χ0n) is 15.4. The van der Waals surface area contributed by atoms with Crippen LogP contribution in [-0.4, -0.2) is 46.5 Å². The topological polar surface area (TPSA) is 28.5 Å². The van der Waals surface area contributed by atoms with E-state index in [4.69, 9.17) is 11.6 Å². The van der Waals surface area contributed by atoms with Gasteiger partial charge in [-0.2, -0.15) is 0 Å². The van der Waals surface area contributed by atoms with Gasteiger partial charge in [0.05, 0.1) is 9.90 Å². The smallest absolute Gasteiger partial charge is 0.255 e. The van der Waals surface area contributed by atoms with Crippen LogP contribution in [0.3, 0.4) is 0 Å². The summed E-state index contributed by atoms with van der Waals surface area (Å²) in [6, 6.07) is 6.45. The number of hydrogen-bond donors (Lipinski definition) is 0. The zero-order chi connectivity index (χ0) is 18.1. The van der Waals surface area contributed by atoms with Gasteiger partial charge in [0.1, 0.15) is 0 Å². The highest BCUT2D eigenvalue weighted by Gasteiger charge is 2.25. The van der Waals surface area contributed by atoms with Crippen LogP contribution in [0.25, 0.3) is 0 Å². The number of halogens is 1. The maximum Gasteiger partial charge on any atom is 0.255 e. The molecule has 0 saturated carbocycles. The molecule has 3 heterocycles. The average Bonchev–Trinajstić information content (AvgIpc) is 3.10. The quantitative estimate of drug-likeness (QED) is 0.789. The van der Waals surface area contributed by atoms with Gasteiger partial charge in [0.15, 0.2) is 0 Å². The first kappa shape index (κ1) is 18.5. The van der Waals surface area contributed by atoms with Crippen LogP contribution in [0.1, 0.15) is 46.5 Å². The molecule has 0 spiro atoms. The zero-order valence-corrected chi connectivity index (χ0v) is 17.0. The Balaban J connectivity index is 1.63. The van der Waals surface area contributed by atoms with Gasteiger partial charge in [0, 0.05) is 55.0 Å². The molecule has 2 aromatic rings. The van der Waals surface area contributed by atoms with Crippen LogP contribution < -0.4 is 0 Å². The minimum Gasteiger partial charge on any atom is -0.346 e. The van der Waals surface area contributed by atoms with E-state index in [-0.39, 0.29) is 5.91 Å². The summed E-state index contributed by atoms with van der Waals surface area (Å²) in [6.07, 6.45) is 0. The molecule has 0 aliphatic carbocycles. The molecule has 1 aliphatic rings. The summed E-state index contributed by atoms with van der Waals surface area (Å²) < 4.78 is 3.08. The number of carbonyl (C=O) groups is 1. The van der Waals surface area contributed by atoms with E-state index in [1.54, 1.807) is 11.3 Å².